The molecule has 0 unspecified atom stereocenters. The normalized spacial score (nSPS) is 24.6. The summed E-state index contributed by atoms with van der Waals surface area (Å²) in [6.45, 7) is 0. The largest absolute Gasteiger partial charge is 0.353 e. The van der Waals surface area contributed by atoms with Gasteiger partial charge >= 0.3 is 0 Å². The third kappa shape index (κ3) is 3.08. The summed E-state index contributed by atoms with van der Waals surface area (Å²) in [7, 11) is 0. The lowest BCUT2D eigenvalue weighted by Crippen LogP contribution is -2.47. The smallest absolute Gasteiger partial charge is 0.222 e. The van der Waals surface area contributed by atoms with Crippen molar-refractivity contribution in [3.05, 3.63) is 12.2 Å². The molecule has 2 aliphatic carbocycles. The Labute approximate surface area is 97.5 Å². The molecule has 0 atom stereocenters. The fraction of sp³-hybridized carbons (Fsp3) is 0.769. The summed E-state index contributed by atoms with van der Waals surface area (Å²) in [5, 5.41) is 3.07. The molecule has 2 rings (SSSR count). The molecule has 0 spiro atoms. The Bertz CT molecular complexity index is 272. The Hall–Kier alpha value is -0.830. The first-order valence-electron chi connectivity index (χ1n) is 6.41. The van der Waals surface area contributed by atoms with E-state index in [4.69, 9.17) is 5.73 Å². The average molecular weight is 222 g/mol. The molecule has 1 amide bonds. The van der Waals surface area contributed by atoms with Crippen molar-refractivity contribution in [3.8, 4) is 0 Å². The molecule has 0 aromatic carbocycles. The van der Waals surface area contributed by atoms with Crippen LogP contribution in [0.1, 0.15) is 51.4 Å². The van der Waals surface area contributed by atoms with E-state index in [0.717, 1.165) is 25.7 Å². The molecule has 1 fully saturated rings. The van der Waals surface area contributed by atoms with Gasteiger partial charge in [0.25, 0.3) is 0 Å². The molecule has 0 aromatic rings. The topological polar surface area (TPSA) is 55.1 Å². The number of amides is 1. The van der Waals surface area contributed by atoms with Crippen LogP contribution in [0.15, 0.2) is 12.2 Å². The summed E-state index contributed by atoms with van der Waals surface area (Å²) in [5.74, 6) is 0.137. The Morgan fingerprint density at radius 2 is 1.88 bits per heavy atom. The van der Waals surface area contributed by atoms with E-state index < -0.39 is 0 Å². The zero-order valence-electron chi connectivity index (χ0n) is 9.87. The van der Waals surface area contributed by atoms with Crippen molar-refractivity contribution in [2.75, 3.05) is 0 Å². The average Bonchev–Trinajstić information content (AvgIpc) is 2.70. The number of rotatable bonds is 3. The van der Waals surface area contributed by atoms with Crippen LogP contribution in [-0.2, 0) is 4.79 Å². The zero-order chi connectivity index (χ0) is 11.4. The van der Waals surface area contributed by atoms with Crippen LogP contribution in [0.3, 0.4) is 0 Å². The van der Waals surface area contributed by atoms with Crippen LogP contribution >= 0.6 is 0 Å². The lowest BCUT2D eigenvalue weighted by Gasteiger charge is -2.33. The third-order valence-corrected chi connectivity index (χ3v) is 3.73. The second-order valence-electron chi connectivity index (χ2n) is 5.31. The summed E-state index contributed by atoms with van der Waals surface area (Å²) in [6.07, 6.45) is 12.3. The highest BCUT2D eigenvalue weighted by Crippen LogP contribution is 2.28. The first kappa shape index (κ1) is 11.6. The maximum absolute atomic E-state index is 11.9. The minimum Gasteiger partial charge on any atom is -0.353 e. The first-order valence-corrected chi connectivity index (χ1v) is 6.41. The standard InChI is InChI=1S/C13H22N2O/c14-13(8-4-1-5-9-13)10-12(16)15-11-6-2-3-7-11/h2-3,11H,1,4-10,14H2,(H,15,16). The van der Waals surface area contributed by atoms with E-state index in [9.17, 15) is 4.79 Å². The number of hydrogen-bond donors (Lipinski definition) is 2. The van der Waals surface area contributed by atoms with Gasteiger partial charge in [-0.25, -0.2) is 0 Å². The number of hydrogen-bond acceptors (Lipinski definition) is 2. The van der Waals surface area contributed by atoms with Gasteiger partial charge in [-0.15, -0.1) is 0 Å². The Morgan fingerprint density at radius 1 is 1.25 bits per heavy atom. The quantitative estimate of drug-likeness (QED) is 0.716. The van der Waals surface area contributed by atoms with Crippen LogP contribution in [-0.4, -0.2) is 17.5 Å². The highest BCUT2D eigenvalue weighted by Gasteiger charge is 2.30. The van der Waals surface area contributed by atoms with Gasteiger partial charge in [0, 0.05) is 18.0 Å². The summed E-state index contributed by atoms with van der Waals surface area (Å²) in [4.78, 5) is 11.9. The van der Waals surface area contributed by atoms with Crippen LogP contribution in [0.25, 0.3) is 0 Å². The predicted octanol–water partition coefficient (Wildman–Crippen LogP) is 1.87. The lowest BCUT2D eigenvalue weighted by molar-refractivity contribution is -0.123. The molecule has 3 nitrogen and oxygen atoms in total. The molecule has 16 heavy (non-hydrogen) atoms. The second-order valence-corrected chi connectivity index (χ2v) is 5.31. The van der Waals surface area contributed by atoms with Crippen molar-refractivity contribution in [2.45, 2.75) is 62.9 Å². The molecule has 0 bridgehead atoms. The molecule has 0 heterocycles. The van der Waals surface area contributed by atoms with Gasteiger partial charge < -0.3 is 11.1 Å². The van der Waals surface area contributed by atoms with Gasteiger partial charge in [-0.05, 0) is 25.7 Å². The molecular formula is C13H22N2O. The Balaban J connectivity index is 1.77. The molecule has 3 heteroatoms. The summed E-state index contributed by atoms with van der Waals surface area (Å²) >= 11 is 0. The van der Waals surface area contributed by atoms with Gasteiger partial charge in [0.1, 0.15) is 0 Å². The molecule has 0 aromatic heterocycles. The third-order valence-electron chi connectivity index (χ3n) is 3.73. The monoisotopic (exact) mass is 222 g/mol. The van der Waals surface area contributed by atoms with Gasteiger partial charge in [0.2, 0.25) is 5.91 Å². The van der Waals surface area contributed by atoms with E-state index in [1.165, 1.54) is 19.3 Å². The van der Waals surface area contributed by atoms with E-state index in [-0.39, 0.29) is 11.4 Å². The minimum absolute atomic E-state index is 0.137. The van der Waals surface area contributed by atoms with Gasteiger partial charge in [-0.1, -0.05) is 31.4 Å². The SMILES string of the molecule is NC1(CC(=O)NC2CC=CC2)CCCCC1. The van der Waals surface area contributed by atoms with Gasteiger partial charge in [0.15, 0.2) is 0 Å². The van der Waals surface area contributed by atoms with Crippen molar-refractivity contribution < 1.29 is 4.79 Å². The van der Waals surface area contributed by atoms with Crippen molar-refractivity contribution in [1.29, 1.82) is 0 Å². The maximum atomic E-state index is 11.9. The number of nitrogens with one attached hydrogen (secondary N) is 1. The summed E-state index contributed by atoms with van der Waals surface area (Å²) in [5.41, 5.74) is 6.03. The summed E-state index contributed by atoms with van der Waals surface area (Å²) in [6, 6.07) is 0.319. The molecule has 1 saturated carbocycles. The molecular weight excluding hydrogens is 200 g/mol. The van der Waals surface area contributed by atoms with Gasteiger partial charge in [0.05, 0.1) is 0 Å². The first-order chi connectivity index (χ1) is 7.68. The Morgan fingerprint density at radius 3 is 2.50 bits per heavy atom. The van der Waals surface area contributed by atoms with E-state index in [1.54, 1.807) is 0 Å². The van der Waals surface area contributed by atoms with Crippen LogP contribution in [0.2, 0.25) is 0 Å². The van der Waals surface area contributed by atoms with Gasteiger partial charge in [-0.3, -0.25) is 4.79 Å². The van der Waals surface area contributed by atoms with Crippen molar-refractivity contribution >= 4 is 5.91 Å². The van der Waals surface area contributed by atoms with Crippen LogP contribution in [0.5, 0.6) is 0 Å². The number of carbonyl (C=O) groups is 1. The van der Waals surface area contributed by atoms with Crippen molar-refractivity contribution in [1.82, 2.24) is 5.32 Å². The molecule has 2 aliphatic rings. The van der Waals surface area contributed by atoms with Crippen LogP contribution in [0, 0.1) is 0 Å². The molecule has 0 aliphatic heterocycles. The van der Waals surface area contributed by atoms with E-state index >= 15 is 0 Å². The van der Waals surface area contributed by atoms with E-state index in [1.807, 2.05) is 0 Å². The highest BCUT2D eigenvalue weighted by atomic mass is 16.1. The predicted molar refractivity (Wildman–Crippen MR) is 64.9 cm³/mol. The van der Waals surface area contributed by atoms with E-state index in [2.05, 4.69) is 17.5 Å². The lowest BCUT2D eigenvalue weighted by atomic mass is 9.80. The van der Waals surface area contributed by atoms with Crippen molar-refractivity contribution in [2.24, 2.45) is 5.73 Å². The maximum Gasteiger partial charge on any atom is 0.222 e. The minimum atomic E-state index is -0.228. The molecule has 3 N–H and O–H groups in total. The van der Waals surface area contributed by atoms with Crippen molar-refractivity contribution in [3.63, 3.8) is 0 Å². The van der Waals surface area contributed by atoms with Crippen LogP contribution < -0.4 is 11.1 Å². The van der Waals surface area contributed by atoms with Gasteiger partial charge in [-0.2, -0.15) is 0 Å². The Kier molecular flexibility index (Phi) is 3.64. The fourth-order valence-electron chi connectivity index (χ4n) is 2.77. The highest BCUT2D eigenvalue weighted by molar-refractivity contribution is 5.77. The number of nitrogens with two attached hydrogens (primary N) is 1. The molecule has 0 saturated heterocycles. The molecule has 90 valence electrons. The zero-order valence-corrected chi connectivity index (χ0v) is 9.87. The van der Waals surface area contributed by atoms with E-state index in [0.29, 0.717) is 12.5 Å². The summed E-state index contributed by atoms with van der Waals surface area (Å²) < 4.78 is 0. The second kappa shape index (κ2) is 5.00. The molecule has 0 radical (unpaired) electrons. The van der Waals surface area contributed by atoms with Crippen LogP contribution in [0.4, 0.5) is 0 Å². The fourth-order valence-corrected chi connectivity index (χ4v) is 2.77. The number of carbonyl (C=O) groups excluding carboxylic acids is 1.